The summed E-state index contributed by atoms with van der Waals surface area (Å²) in [5.74, 6) is -0.568. The average Bonchev–Trinajstić information content (AvgIpc) is 2.68. The van der Waals surface area contributed by atoms with Gasteiger partial charge in [0.05, 0.1) is 19.3 Å². The van der Waals surface area contributed by atoms with Gasteiger partial charge in [0.2, 0.25) is 0 Å². The van der Waals surface area contributed by atoms with Gasteiger partial charge in [-0.15, -0.1) is 0 Å². The highest BCUT2D eigenvalue weighted by atomic mass is 19.1. The minimum atomic E-state index is -0.731. The molecule has 104 valence electrons. The molecule has 5 heteroatoms. The highest BCUT2D eigenvalue weighted by Gasteiger charge is 2.32. The van der Waals surface area contributed by atoms with Gasteiger partial charge in [-0.2, -0.15) is 0 Å². The summed E-state index contributed by atoms with van der Waals surface area (Å²) in [7, 11) is 1.38. The molecule has 1 aliphatic heterocycles. The zero-order valence-corrected chi connectivity index (χ0v) is 11.1. The van der Waals surface area contributed by atoms with Crippen LogP contribution in [0, 0.1) is 5.82 Å². The molecule has 0 radical (unpaired) electrons. The Balaban J connectivity index is 2.02. The Bertz CT molecular complexity index is 488. The van der Waals surface area contributed by atoms with Crippen molar-refractivity contribution in [1.29, 1.82) is 0 Å². The minimum Gasteiger partial charge on any atom is -0.494 e. The van der Waals surface area contributed by atoms with Crippen molar-refractivity contribution in [3.63, 3.8) is 0 Å². The van der Waals surface area contributed by atoms with Gasteiger partial charge >= 0.3 is 0 Å². The second kappa shape index (κ2) is 5.27. The normalized spacial score (nSPS) is 23.6. The number of ketones is 1. The van der Waals surface area contributed by atoms with Gasteiger partial charge in [-0.05, 0) is 31.5 Å². The van der Waals surface area contributed by atoms with Gasteiger partial charge in [0.1, 0.15) is 0 Å². The number of β-amino-alcohol motifs (C(OH)–C–C–N with tert-alkyl or cyclic N) is 1. The molecule has 1 heterocycles. The second-order valence-electron chi connectivity index (χ2n) is 5.23. The standard InChI is InChI=1S/C14H18FNO3/c1-14(18)5-6-16(9-14)8-12(17)10-3-4-13(19-2)11(15)7-10/h3-4,7,18H,5-6,8-9H2,1-2H3. The maximum absolute atomic E-state index is 13.5. The number of carbonyl (C=O) groups is 1. The number of aliphatic hydroxyl groups is 1. The van der Waals surface area contributed by atoms with E-state index in [2.05, 4.69) is 0 Å². The highest BCUT2D eigenvalue weighted by molar-refractivity contribution is 5.97. The molecule has 0 aliphatic carbocycles. The van der Waals surface area contributed by atoms with Crippen LogP contribution in [-0.4, -0.2) is 48.1 Å². The van der Waals surface area contributed by atoms with Gasteiger partial charge in [0.25, 0.3) is 0 Å². The smallest absolute Gasteiger partial charge is 0.176 e. The molecule has 1 fully saturated rings. The molecule has 1 N–H and O–H groups in total. The van der Waals surface area contributed by atoms with Crippen molar-refractivity contribution in [3.8, 4) is 5.75 Å². The lowest BCUT2D eigenvalue weighted by atomic mass is 10.1. The van der Waals surface area contributed by atoms with E-state index in [0.717, 1.165) is 0 Å². The topological polar surface area (TPSA) is 49.8 Å². The fourth-order valence-corrected chi connectivity index (χ4v) is 2.31. The summed E-state index contributed by atoms with van der Waals surface area (Å²) in [6.07, 6.45) is 0.650. The van der Waals surface area contributed by atoms with Crippen LogP contribution in [0.15, 0.2) is 18.2 Å². The van der Waals surface area contributed by atoms with Gasteiger partial charge in [-0.1, -0.05) is 0 Å². The lowest BCUT2D eigenvalue weighted by molar-refractivity contribution is 0.0669. The summed E-state index contributed by atoms with van der Waals surface area (Å²) in [5, 5.41) is 9.83. The van der Waals surface area contributed by atoms with Crippen LogP contribution in [0.25, 0.3) is 0 Å². The largest absolute Gasteiger partial charge is 0.494 e. The Labute approximate surface area is 111 Å². The first-order valence-electron chi connectivity index (χ1n) is 6.23. The molecule has 0 amide bonds. The molecule has 1 aliphatic rings. The van der Waals surface area contributed by atoms with Crippen molar-refractivity contribution in [2.45, 2.75) is 18.9 Å². The van der Waals surface area contributed by atoms with E-state index in [1.807, 2.05) is 4.90 Å². The predicted octanol–water partition coefficient (Wildman–Crippen LogP) is 1.47. The SMILES string of the molecule is COc1ccc(C(=O)CN2CCC(C)(O)C2)cc1F. The maximum atomic E-state index is 13.5. The number of rotatable bonds is 4. The van der Waals surface area contributed by atoms with Crippen LogP contribution in [0.4, 0.5) is 4.39 Å². The number of carbonyl (C=O) groups excluding carboxylic acids is 1. The second-order valence-corrected chi connectivity index (χ2v) is 5.23. The molecule has 2 rings (SSSR count). The molecular formula is C14H18FNO3. The summed E-state index contributed by atoms with van der Waals surface area (Å²) < 4.78 is 18.3. The monoisotopic (exact) mass is 267 g/mol. The molecule has 1 aromatic carbocycles. The number of likely N-dealkylation sites (tertiary alicyclic amines) is 1. The quantitative estimate of drug-likeness (QED) is 0.839. The maximum Gasteiger partial charge on any atom is 0.176 e. The molecule has 1 aromatic rings. The van der Waals surface area contributed by atoms with Crippen LogP contribution in [0.2, 0.25) is 0 Å². The van der Waals surface area contributed by atoms with Crippen molar-refractivity contribution in [1.82, 2.24) is 4.90 Å². The van der Waals surface area contributed by atoms with Crippen LogP contribution in [0.5, 0.6) is 5.75 Å². The van der Waals surface area contributed by atoms with Crippen molar-refractivity contribution in [3.05, 3.63) is 29.6 Å². The summed E-state index contributed by atoms with van der Waals surface area (Å²) in [6, 6.07) is 4.19. The minimum absolute atomic E-state index is 0.126. The van der Waals surface area contributed by atoms with Crippen LogP contribution >= 0.6 is 0 Å². The Hall–Kier alpha value is -1.46. The third-order valence-corrected chi connectivity index (χ3v) is 3.37. The number of nitrogens with zero attached hydrogens (tertiary/aromatic N) is 1. The summed E-state index contributed by atoms with van der Waals surface area (Å²) in [5.41, 5.74) is -0.407. The number of hydrogen-bond acceptors (Lipinski definition) is 4. The number of methoxy groups -OCH3 is 1. The van der Waals surface area contributed by atoms with Gasteiger partial charge in [-0.25, -0.2) is 4.39 Å². The molecule has 1 saturated heterocycles. The molecule has 19 heavy (non-hydrogen) atoms. The van der Waals surface area contributed by atoms with Crippen LogP contribution in [0.1, 0.15) is 23.7 Å². The third kappa shape index (κ3) is 3.30. The fraction of sp³-hybridized carbons (Fsp3) is 0.500. The number of halogens is 1. The van der Waals surface area contributed by atoms with E-state index in [0.29, 0.717) is 25.1 Å². The molecule has 0 aromatic heterocycles. The molecule has 4 nitrogen and oxygen atoms in total. The summed E-state index contributed by atoms with van der Waals surface area (Å²) >= 11 is 0. The van der Waals surface area contributed by atoms with E-state index in [4.69, 9.17) is 4.74 Å². The third-order valence-electron chi connectivity index (χ3n) is 3.37. The van der Waals surface area contributed by atoms with Crippen molar-refractivity contribution >= 4 is 5.78 Å². The van der Waals surface area contributed by atoms with E-state index >= 15 is 0 Å². The van der Waals surface area contributed by atoms with Crippen molar-refractivity contribution in [2.24, 2.45) is 0 Å². The highest BCUT2D eigenvalue weighted by Crippen LogP contribution is 2.21. The van der Waals surface area contributed by atoms with Crippen LogP contribution < -0.4 is 4.74 Å². The zero-order valence-electron chi connectivity index (χ0n) is 11.1. The van der Waals surface area contributed by atoms with Gasteiger partial charge in [0, 0.05) is 18.7 Å². The van der Waals surface area contributed by atoms with Gasteiger partial charge in [-0.3, -0.25) is 9.69 Å². The molecular weight excluding hydrogens is 249 g/mol. The number of hydrogen-bond donors (Lipinski definition) is 1. The summed E-state index contributed by atoms with van der Waals surface area (Å²) in [4.78, 5) is 13.9. The first-order valence-corrected chi connectivity index (χ1v) is 6.23. The van der Waals surface area contributed by atoms with Crippen molar-refractivity contribution < 1.29 is 19.0 Å². The number of benzene rings is 1. The van der Waals surface area contributed by atoms with E-state index in [9.17, 15) is 14.3 Å². The molecule has 1 atom stereocenters. The van der Waals surface area contributed by atoms with E-state index in [-0.39, 0.29) is 18.1 Å². The Morgan fingerprint density at radius 2 is 2.32 bits per heavy atom. The lowest BCUT2D eigenvalue weighted by Gasteiger charge is -2.18. The summed E-state index contributed by atoms with van der Waals surface area (Å²) in [6.45, 7) is 3.10. The predicted molar refractivity (Wildman–Crippen MR) is 69.0 cm³/mol. The lowest BCUT2D eigenvalue weighted by Crippen LogP contribution is -2.33. The molecule has 0 bridgehead atoms. The Morgan fingerprint density at radius 1 is 1.58 bits per heavy atom. The zero-order chi connectivity index (χ0) is 14.0. The Kier molecular flexibility index (Phi) is 3.87. The molecule has 0 saturated carbocycles. The van der Waals surface area contributed by atoms with E-state index in [1.165, 1.54) is 19.2 Å². The van der Waals surface area contributed by atoms with E-state index < -0.39 is 11.4 Å². The Morgan fingerprint density at radius 3 is 2.84 bits per heavy atom. The average molecular weight is 267 g/mol. The van der Waals surface area contributed by atoms with Crippen molar-refractivity contribution in [2.75, 3.05) is 26.7 Å². The van der Waals surface area contributed by atoms with Gasteiger partial charge < -0.3 is 9.84 Å². The van der Waals surface area contributed by atoms with E-state index in [1.54, 1.807) is 13.0 Å². The van der Waals surface area contributed by atoms with Crippen LogP contribution in [0.3, 0.4) is 0 Å². The van der Waals surface area contributed by atoms with Gasteiger partial charge in [0.15, 0.2) is 17.3 Å². The first kappa shape index (κ1) is 14.0. The molecule has 1 unspecified atom stereocenters. The fourth-order valence-electron chi connectivity index (χ4n) is 2.31. The number of ether oxygens (including phenoxy) is 1. The first-order chi connectivity index (χ1) is 8.91. The van der Waals surface area contributed by atoms with Crippen LogP contribution in [-0.2, 0) is 0 Å². The molecule has 0 spiro atoms. The number of Topliss-reactive ketones (excluding diaryl/α,β-unsaturated/α-hetero) is 1.